The van der Waals surface area contributed by atoms with Crippen LogP contribution in [-0.2, 0) is 0 Å². The topological polar surface area (TPSA) is 72.4 Å². The van der Waals surface area contributed by atoms with Crippen LogP contribution in [-0.4, -0.2) is 23.6 Å². The molecule has 2 atom stereocenters. The van der Waals surface area contributed by atoms with Crippen LogP contribution in [0.4, 0.5) is 11.4 Å². The molecule has 0 aromatic heterocycles. The Kier molecular flexibility index (Phi) is 3.81. The Morgan fingerprint density at radius 2 is 2.22 bits per heavy atom. The molecule has 0 radical (unpaired) electrons. The lowest BCUT2D eigenvalue weighted by Crippen LogP contribution is -2.47. The van der Waals surface area contributed by atoms with E-state index in [4.69, 9.17) is 5.73 Å². The van der Waals surface area contributed by atoms with E-state index in [1.165, 1.54) is 0 Å². The third-order valence-electron chi connectivity index (χ3n) is 3.62. The van der Waals surface area contributed by atoms with Crippen molar-refractivity contribution in [1.82, 2.24) is 0 Å². The highest BCUT2D eigenvalue weighted by Crippen LogP contribution is 2.33. The molecule has 1 saturated heterocycles. The first kappa shape index (κ1) is 12.8. The monoisotopic (exact) mass is 249 g/mol. The number of anilines is 1. The van der Waals surface area contributed by atoms with Gasteiger partial charge in [-0.25, -0.2) is 0 Å². The van der Waals surface area contributed by atoms with Crippen molar-refractivity contribution in [2.24, 2.45) is 5.73 Å². The molecule has 18 heavy (non-hydrogen) atoms. The molecule has 2 unspecified atom stereocenters. The molecular weight excluding hydrogens is 230 g/mol. The molecule has 1 fully saturated rings. The predicted molar refractivity (Wildman–Crippen MR) is 71.7 cm³/mol. The second-order valence-electron chi connectivity index (χ2n) is 4.79. The summed E-state index contributed by atoms with van der Waals surface area (Å²) in [6.07, 6.45) is 2.75. The van der Waals surface area contributed by atoms with Gasteiger partial charge in [0.05, 0.1) is 4.92 Å². The Hall–Kier alpha value is -1.62. The first-order valence-electron chi connectivity index (χ1n) is 6.39. The predicted octanol–water partition coefficient (Wildman–Crippen LogP) is 2.30. The highest BCUT2D eigenvalue weighted by atomic mass is 16.6. The summed E-state index contributed by atoms with van der Waals surface area (Å²) in [7, 11) is 0. The number of nitro benzene ring substituents is 1. The molecule has 5 nitrogen and oxygen atoms in total. The maximum absolute atomic E-state index is 11.1. The standard InChI is InChI=1S/C13H19N3O2/c1-2-11-9-10(14)7-8-15(11)12-5-3-4-6-13(12)16(17)18/h3-6,10-11H,2,7-9,14H2,1H3. The van der Waals surface area contributed by atoms with Crippen molar-refractivity contribution >= 4 is 11.4 Å². The molecule has 1 aliphatic heterocycles. The zero-order valence-corrected chi connectivity index (χ0v) is 10.6. The van der Waals surface area contributed by atoms with Gasteiger partial charge in [0.2, 0.25) is 0 Å². The number of hydrogen-bond acceptors (Lipinski definition) is 4. The fraction of sp³-hybridized carbons (Fsp3) is 0.538. The third kappa shape index (κ3) is 2.46. The summed E-state index contributed by atoms with van der Waals surface area (Å²) in [5, 5.41) is 11.1. The summed E-state index contributed by atoms with van der Waals surface area (Å²) in [5.74, 6) is 0. The molecule has 5 heteroatoms. The van der Waals surface area contributed by atoms with Crippen molar-refractivity contribution in [3.8, 4) is 0 Å². The number of hydrogen-bond donors (Lipinski definition) is 1. The average molecular weight is 249 g/mol. The molecule has 0 amide bonds. The third-order valence-corrected chi connectivity index (χ3v) is 3.62. The number of benzene rings is 1. The lowest BCUT2D eigenvalue weighted by Gasteiger charge is -2.39. The molecule has 2 N–H and O–H groups in total. The summed E-state index contributed by atoms with van der Waals surface area (Å²) >= 11 is 0. The largest absolute Gasteiger partial charge is 0.363 e. The minimum absolute atomic E-state index is 0.187. The molecule has 1 aromatic carbocycles. The van der Waals surface area contributed by atoms with E-state index in [2.05, 4.69) is 11.8 Å². The van der Waals surface area contributed by atoms with Crippen LogP contribution in [0.15, 0.2) is 24.3 Å². The zero-order valence-electron chi connectivity index (χ0n) is 10.6. The first-order chi connectivity index (χ1) is 8.63. The minimum atomic E-state index is -0.309. The maximum Gasteiger partial charge on any atom is 0.292 e. The van der Waals surface area contributed by atoms with E-state index >= 15 is 0 Å². The van der Waals surface area contributed by atoms with Gasteiger partial charge < -0.3 is 10.6 Å². The lowest BCUT2D eigenvalue weighted by molar-refractivity contribution is -0.384. The molecule has 98 valence electrons. The average Bonchev–Trinajstić information content (AvgIpc) is 2.38. The highest BCUT2D eigenvalue weighted by molar-refractivity contribution is 5.63. The lowest BCUT2D eigenvalue weighted by atomic mass is 9.95. The number of nitrogens with zero attached hydrogens (tertiary/aromatic N) is 2. The van der Waals surface area contributed by atoms with E-state index in [1.807, 2.05) is 12.1 Å². The first-order valence-corrected chi connectivity index (χ1v) is 6.39. The van der Waals surface area contributed by atoms with Crippen molar-refractivity contribution in [2.75, 3.05) is 11.4 Å². The summed E-state index contributed by atoms with van der Waals surface area (Å²) < 4.78 is 0. The van der Waals surface area contributed by atoms with Crippen LogP contribution in [0.2, 0.25) is 0 Å². The molecule has 0 saturated carbocycles. The van der Waals surface area contributed by atoms with E-state index in [-0.39, 0.29) is 16.7 Å². The molecule has 1 aliphatic rings. The number of nitrogens with two attached hydrogens (primary N) is 1. The SMILES string of the molecule is CCC1CC(N)CCN1c1ccccc1[N+](=O)[O-]. The van der Waals surface area contributed by atoms with Gasteiger partial charge in [-0.3, -0.25) is 10.1 Å². The molecule has 0 spiro atoms. The molecule has 0 bridgehead atoms. The summed E-state index contributed by atoms with van der Waals surface area (Å²) in [4.78, 5) is 12.9. The van der Waals surface area contributed by atoms with E-state index in [1.54, 1.807) is 12.1 Å². The molecule has 2 rings (SSSR count). The fourth-order valence-corrected chi connectivity index (χ4v) is 2.65. The molecular formula is C13H19N3O2. The molecule has 0 aliphatic carbocycles. The quantitative estimate of drug-likeness (QED) is 0.659. The van der Waals surface area contributed by atoms with Gasteiger partial charge in [0, 0.05) is 24.7 Å². The fourth-order valence-electron chi connectivity index (χ4n) is 2.65. The Labute approximate surface area is 107 Å². The van der Waals surface area contributed by atoms with Gasteiger partial charge >= 0.3 is 0 Å². The second-order valence-corrected chi connectivity index (χ2v) is 4.79. The van der Waals surface area contributed by atoms with Crippen LogP contribution in [0, 0.1) is 10.1 Å². The Balaban J connectivity index is 2.32. The summed E-state index contributed by atoms with van der Waals surface area (Å²) in [6.45, 7) is 2.90. The van der Waals surface area contributed by atoms with E-state index in [9.17, 15) is 10.1 Å². The van der Waals surface area contributed by atoms with Gasteiger partial charge in [-0.2, -0.15) is 0 Å². The van der Waals surface area contributed by atoms with Gasteiger partial charge in [0.15, 0.2) is 0 Å². The summed E-state index contributed by atoms with van der Waals surface area (Å²) in [6, 6.07) is 7.47. The van der Waals surface area contributed by atoms with Gasteiger partial charge in [0.1, 0.15) is 5.69 Å². The van der Waals surface area contributed by atoms with Crippen molar-refractivity contribution in [3.63, 3.8) is 0 Å². The Morgan fingerprint density at radius 1 is 1.50 bits per heavy atom. The van der Waals surface area contributed by atoms with Crippen LogP contribution in [0.3, 0.4) is 0 Å². The normalized spacial score (nSPS) is 24.0. The van der Waals surface area contributed by atoms with Gasteiger partial charge in [-0.1, -0.05) is 19.1 Å². The number of rotatable bonds is 3. The molecule has 1 aromatic rings. The van der Waals surface area contributed by atoms with Crippen molar-refractivity contribution < 1.29 is 4.92 Å². The smallest absolute Gasteiger partial charge is 0.292 e. The van der Waals surface area contributed by atoms with E-state index in [0.29, 0.717) is 6.04 Å². The van der Waals surface area contributed by atoms with E-state index in [0.717, 1.165) is 31.5 Å². The van der Waals surface area contributed by atoms with Gasteiger partial charge in [-0.05, 0) is 25.3 Å². The molecule has 1 heterocycles. The minimum Gasteiger partial charge on any atom is -0.363 e. The second kappa shape index (κ2) is 5.35. The maximum atomic E-state index is 11.1. The van der Waals surface area contributed by atoms with Crippen LogP contribution in [0.25, 0.3) is 0 Å². The van der Waals surface area contributed by atoms with Crippen molar-refractivity contribution in [3.05, 3.63) is 34.4 Å². The Bertz CT molecular complexity index is 436. The van der Waals surface area contributed by atoms with Gasteiger partial charge in [-0.15, -0.1) is 0 Å². The Morgan fingerprint density at radius 3 is 2.89 bits per heavy atom. The zero-order chi connectivity index (χ0) is 13.1. The van der Waals surface area contributed by atoms with Crippen molar-refractivity contribution in [1.29, 1.82) is 0 Å². The van der Waals surface area contributed by atoms with Crippen LogP contribution in [0.1, 0.15) is 26.2 Å². The van der Waals surface area contributed by atoms with Crippen LogP contribution in [0.5, 0.6) is 0 Å². The van der Waals surface area contributed by atoms with E-state index < -0.39 is 0 Å². The van der Waals surface area contributed by atoms with Crippen LogP contribution < -0.4 is 10.6 Å². The number of piperidine rings is 1. The van der Waals surface area contributed by atoms with Crippen molar-refractivity contribution in [2.45, 2.75) is 38.3 Å². The van der Waals surface area contributed by atoms with Crippen LogP contribution >= 0.6 is 0 Å². The highest BCUT2D eigenvalue weighted by Gasteiger charge is 2.29. The summed E-state index contributed by atoms with van der Waals surface area (Å²) in [5.41, 5.74) is 6.89. The number of para-hydroxylation sites is 2. The number of nitro groups is 1. The van der Waals surface area contributed by atoms with Gasteiger partial charge in [0.25, 0.3) is 5.69 Å².